The molecule has 1 fully saturated rings. The van der Waals surface area contributed by atoms with E-state index in [9.17, 15) is 17.6 Å². The molecule has 8 nitrogen and oxygen atoms in total. The number of hydrogen-bond acceptors (Lipinski definition) is 6. The second kappa shape index (κ2) is 8.44. The first-order valence-electron chi connectivity index (χ1n) is 9.11. The van der Waals surface area contributed by atoms with Gasteiger partial charge >= 0.3 is 0 Å². The van der Waals surface area contributed by atoms with Gasteiger partial charge in [0.2, 0.25) is 5.91 Å². The van der Waals surface area contributed by atoms with Crippen LogP contribution >= 0.6 is 11.8 Å². The van der Waals surface area contributed by atoms with Gasteiger partial charge in [0, 0.05) is 17.4 Å². The van der Waals surface area contributed by atoms with Crippen molar-refractivity contribution >= 4 is 39.1 Å². The van der Waals surface area contributed by atoms with Crippen molar-refractivity contribution in [2.45, 2.75) is 28.9 Å². The van der Waals surface area contributed by atoms with Crippen molar-refractivity contribution in [2.75, 3.05) is 15.8 Å². The van der Waals surface area contributed by atoms with E-state index in [1.165, 1.54) is 36.0 Å². The van der Waals surface area contributed by atoms with Gasteiger partial charge in [0.25, 0.3) is 10.0 Å². The summed E-state index contributed by atoms with van der Waals surface area (Å²) in [5, 5.41) is 11.4. The predicted octanol–water partition coefficient (Wildman–Crippen LogP) is 3.28. The Balaban J connectivity index is 1.32. The second-order valence-electron chi connectivity index (χ2n) is 6.73. The molecule has 0 saturated heterocycles. The highest BCUT2D eigenvalue weighted by atomic mass is 32.2. The molecule has 2 N–H and O–H groups in total. The van der Waals surface area contributed by atoms with Gasteiger partial charge in [0.1, 0.15) is 12.1 Å². The number of rotatable bonds is 8. The summed E-state index contributed by atoms with van der Waals surface area (Å²) in [5.74, 6) is -0.533. The van der Waals surface area contributed by atoms with E-state index in [2.05, 4.69) is 20.2 Å². The zero-order valence-electron chi connectivity index (χ0n) is 15.7. The van der Waals surface area contributed by atoms with Gasteiger partial charge in [-0.05, 0) is 61.4 Å². The Morgan fingerprint density at radius 3 is 2.43 bits per heavy atom. The van der Waals surface area contributed by atoms with Crippen LogP contribution in [0.3, 0.4) is 0 Å². The minimum absolute atomic E-state index is 0.0441. The molecule has 1 heterocycles. The Bertz CT molecular complexity index is 1140. The third-order valence-corrected chi connectivity index (χ3v) is 6.71. The Kier molecular flexibility index (Phi) is 5.73. The molecule has 1 saturated carbocycles. The van der Waals surface area contributed by atoms with Crippen molar-refractivity contribution in [3.8, 4) is 0 Å². The van der Waals surface area contributed by atoms with Crippen molar-refractivity contribution in [1.29, 1.82) is 0 Å². The highest BCUT2D eigenvalue weighted by Gasteiger charge is 2.26. The SMILES string of the molecule is O=C(CSc1nncn1C1CC1)Nc1ccc(NS(=O)(=O)c2ccc(F)cc2)cc1. The highest BCUT2D eigenvalue weighted by molar-refractivity contribution is 7.99. The van der Waals surface area contributed by atoms with E-state index < -0.39 is 15.8 Å². The van der Waals surface area contributed by atoms with Crippen LogP contribution in [0.5, 0.6) is 0 Å². The predicted molar refractivity (Wildman–Crippen MR) is 111 cm³/mol. The lowest BCUT2D eigenvalue weighted by atomic mass is 10.3. The number of carbonyl (C=O) groups is 1. The van der Waals surface area contributed by atoms with Crippen LogP contribution in [-0.4, -0.2) is 34.8 Å². The van der Waals surface area contributed by atoms with Gasteiger partial charge in [-0.15, -0.1) is 10.2 Å². The minimum Gasteiger partial charge on any atom is -0.325 e. The lowest BCUT2D eigenvalue weighted by Crippen LogP contribution is -2.15. The second-order valence-corrected chi connectivity index (χ2v) is 9.35. The van der Waals surface area contributed by atoms with Gasteiger partial charge in [-0.25, -0.2) is 12.8 Å². The average molecular weight is 448 g/mol. The molecule has 1 aliphatic rings. The van der Waals surface area contributed by atoms with Crippen LogP contribution in [0.25, 0.3) is 0 Å². The van der Waals surface area contributed by atoms with Gasteiger partial charge in [-0.1, -0.05) is 11.8 Å². The summed E-state index contributed by atoms with van der Waals surface area (Å²) in [6.07, 6.45) is 3.90. The first-order chi connectivity index (χ1) is 14.4. The molecule has 3 aromatic rings. The Morgan fingerprint density at radius 2 is 1.77 bits per heavy atom. The number of nitrogens with one attached hydrogen (secondary N) is 2. The van der Waals surface area contributed by atoms with Gasteiger partial charge in [0.15, 0.2) is 5.16 Å². The van der Waals surface area contributed by atoms with Crippen molar-refractivity contribution in [3.05, 3.63) is 60.7 Å². The van der Waals surface area contributed by atoms with E-state index in [1.54, 1.807) is 18.5 Å². The molecule has 1 amide bonds. The minimum atomic E-state index is -3.83. The first-order valence-corrected chi connectivity index (χ1v) is 11.6. The lowest BCUT2D eigenvalue weighted by molar-refractivity contribution is -0.113. The van der Waals surface area contributed by atoms with Crippen molar-refractivity contribution in [3.63, 3.8) is 0 Å². The maximum absolute atomic E-state index is 13.0. The molecule has 1 aliphatic carbocycles. The molecular weight excluding hydrogens is 429 g/mol. The normalized spacial score (nSPS) is 13.8. The number of carbonyl (C=O) groups excluding carboxylic acids is 1. The zero-order valence-corrected chi connectivity index (χ0v) is 17.3. The molecule has 0 atom stereocenters. The summed E-state index contributed by atoms with van der Waals surface area (Å²) >= 11 is 1.32. The van der Waals surface area contributed by atoms with Crippen LogP contribution in [0.4, 0.5) is 15.8 Å². The molecule has 0 bridgehead atoms. The van der Waals surface area contributed by atoms with Gasteiger partial charge in [0.05, 0.1) is 10.6 Å². The zero-order chi connectivity index (χ0) is 21.1. The van der Waals surface area contributed by atoms with Crippen LogP contribution in [0.2, 0.25) is 0 Å². The molecule has 1 aromatic heterocycles. The average Bonchev–Trinajstić information content (AvgIpc) is 3.45. The molecule has 30 heavy (non-hydrogen) atoms. The van der Waals surface area contributed by atoms with Crippen LogP contribution in [0.1, 0.15) is 18.9 Å². The van der Waals surface area contributed by atoms with Crippen LogP contribution < -0.4 is 10.0 Å². The molecule has 0 spiro atoms. The molecule has 0 unspecified atom stereocenters. The van der Waals surface area contributed by atoms with Crippen LogP contribution in [-0.2, 0) is 14.8 Å². The quantitative estimate of drug-likeness (QED) is 0.514. The fourth-order valence-corrected chi connectivity index (χ4v) is 4.56. The van der Waals surface area contributed by atoms with E-state index in [0.717, 1.165) is 30.1 Å². The number of aromatic nitrogens is 3. The number of benzene rings is 2. The van der Waals surface area contributed by atoms with Crippen LogP contribution in [0, 0.1) is 5.82 Å². The number of halogens is 1. The largest absolute Gasteiger partial charge is 0.325 e. The molecule has 4 rings (SSSR count). The van der Waals surface area contributed by atoms with E-state index >= 15 is 0 Å². The Hall–Kier alpha value is -2.92. The van der Waals surface area contributed by atoms with Gasteiger partial charge < -0.3 is 9.88 Å². The molecule has 11 heteroatoms. The Labute approximate surface area is 177 Å². The van der Waals surface area contributed by atoms with Gasteiger partial charge in [-0.2, -0.15) is 0 Å². The van der Waals surface area contributed by atoms with Crippen LogP contribution in [0.15, 0.2) is 64.9 Å². The Morgan fingerprint density at radius 1 is 1.10 bits per heavy atom. The summed E-state index contributed by atoms with van der Waals surface area (Å²) in [7, 11) is -3.83. The summed E-state index contributed by atoms with van der Waals surface area (Å²) in [4.78, 5) is 12.2. The van der Waals surface area contributed by atoms with E-state index in [0.29, 0.717) is 17.4 Å². The number of hydrogen-bond donors (Lipinski definition) is 2. The molecule has 2 aromatic carbocycles. The van der Waals surface area contributed by atoms with E-state index in [-0.39, 0.29) is 16.6 Å². The lowest BCUT2D eigenvalue weighted by Gasteiger charge is -2.10. The van der Waals surface area contributed by atoms with E-state index in [1.807, 2.05) is 4.57 Å². The number of amides is 1. The standard InChI is InChI=1S/C19H18FN5O3S2/c20-13-1-9-17(10-2-13)30(27,28)24-15-5-3-14(4-6-15)22-18(26)11-29-19-23-21-12-25(19)16-7-8-16/h1-6,9-10,12,16,24H,7-8,11H2,(H,22,26). The van der Waals surface area contributed by atoms with Crippen molar-refractivity contribution in [1.82, 2.24) is 14.8 Å². The highest BCUT2D eigenvalue weighted by Crippen LogP contribution is 2.37. The molecule has 156 valence electrons. The smallest absolute Gasteiger partial charge is 0.261 e. The topological polar surface area (TPSA) is 106 Å². The fourth-order valence-electron chi connectivity index (χ4n) is 2.72. The maximum Gasteiger partial charge on any atom is 0.261 e. The molecule has 0 radical (unpaired) electrons. The number of nitrogens with zero attached hydrogens (tertiary/aromatic N) is 3. The maximum atomic E-state index is 13.0. The third-order valence-electron chi connectivity index (χ3n) is 4.36. The fraction of sp³-hybridized carbons (Fsp3) is 0.211. The summed E-state index contributed by atoms with van der Waals surface area (Å²) < 4.78 is 42.1. The van der Waals surface area contributed by atoms with Crippen molar-refractivity contribution in [2.24, 2.45) is 0 Å². The summed E-state index contributed by atoms with van der Waals surface area (Å²) in [6.45, 7) is 0. The third kappa shape index (κ3) is 4.97. The number of thioether (sulfide) groups is 1. The number of anilines is 2. The molecular formula is C19H18FN5O3S2. The summed E-state index contributed by atoms with van der Waals surface area (Å²) in [6, 6.07) is 11.2. The van der Waals surface area contributed by atoms with E-state index in [4.69, 9.17) is 0 Å². The summed E-state index contributed by atoms with van der Waals surface area (Å²) in [5.41, 5.74) is 0.859. The molecule has 0 aliphatic heterocycles. The number of sulfonamides is 1. The monoisotopic (exact) mass is 447 g/mol. The van der Waals surface area contributed by atoms with Crippen molar-refractivity contribution < 1.29 is 17.6 Å². The first kappa shape index (κ1) is 20.4. The van der Waals surface area contributed by atoms with Gasteiger partial charge in [-0.3, -0.25) is 9.52 Å².